The van der Waals surface area contributed by atoms with Crippen LogP contribution in [-0.2, 0) is 51.8 Å². The first-order chi connectivity index (χ1) is 25.8. The van der Waals surface area contributed by atoms with Gasteiger partial charge in [0.1, 0.15) is 17.5 Å². The quantitative estimate of drug-likeness (QED) is 0.0554. The number of nitrogens with one attached hydrogen (secondary N) is 2. The summed E-state index contributed by atoms with van der Waals surface area (Å²) in [5.74, 6) is -4.88. The van der Waals surface area contributed by atoms with E-state index in [0.717, 1.165) is 35.0 Å². The lowest BCUT2D eigenvalue weighted by Gasteiger charge is -2.32. The fourth-order valence-electron chi connectivity index (χ4n) is 7.11. The van der Waals surface area contributed by atoms with Crippen molar-refractivity contribution >= 4 is 58.5 Å². The molecule has 3 aliphatic heterocycles. The van der Waals surface area contributed by atoms with Gasteiger partial charge in [-0.2, -0.15) is 8.42 Å². The number of quaternary nitrogens is 1. The second-order valence-electron chi connectivity index (χ2n) is 15.3. The molecular weight excluding hydrogens is 741 g/mol. The maximum Gasteiger partial charge on any atom is 0.737 e. The van der Waals surface area contributed by atoms with E-state index < -0.39 is 58.5 Å². The summed E-state index contributed by atoms with van der Waals surface area (Å²) in [5.41, 5.74) is 3.31. The van der Waals surface area contributed by atoms with Gasteiger partial charge in [0.05, 0.1) is 27.7 Å². The van der Waals surface area contributed by atoms with Crippen LogP contribution in [-0.4, -0.2) is 120 Å². The summed E-state index contributed by atoms with van der Waals surface area (Å²) in [6, 6.07) is 0.208. The molecule has 1 fully saturated rings. The third kappa shape index (κ3) is 11.4. The molecule has 0 aromatic carbocycles. The van der Waals surface area contributed by atoms with Gasteiger partial charge in [0, 0.05) is 68.5 Å². The van der Waals surface area contributed by atoms with Crippen molar-refractivity contribution in [3.8, 4) is 0 Å². The van der Waals surface area contributed by atoms with Gasteiger partial charge in [-0.3, -0.25) is 23.7 Å². The molecule has 1 atom stereocenters. The second-order valence-corrected chi connectivity index (χ2v) is 16.8. The Morgan fingerprint density at radius 3 is 2.27 bits per heavy atom. The molecule has 0 aliphatic carbocycles. The zero-order chi connectivity index (χ0) is 40.7. The van der Waals surface area contributed by atoms with Crippen molar-refractivity contribution in [1.29, 1.82) is 0 Å². The van der Waals surface area contributed by atoms with Crippen LogP contribution < -0.4 is 10.6 Å². The molecule has 19 heteroatoms. The maximum atomic E-state index is 16.9. The monoisotopic (exact) mass is 795 g/mol. The van der Waals surface area contributed by atoms with Crippen molar-refractivity contribution in [3.05, 3.63) is 40.4 Å². The van der Waals surface area contributed by atoms with Gasteiger partial charge < -0.3 is 37.6 Å². The van der Waals surface area contributed by atoms with E-state index in [1.807, 2.05) is 26.0 Å². The van der Waals surface area contributed by atoms with Crippen molar-refractivity contribution in [2.45, 2.75) is 103 Å². The number of aromatic nitrogens is 1. The molecule has 304 valence electrons. The Labute approximate surface area is 321 Å². The van der Waals surface area contributed by atoms with Gasteiger partial charge in [-0.15, -0.1) is 5.06 Å². The minimum Gasteiger partial charge on any atom is -0.394 e. The molecule has 0 bridgehead atoms. The average molecular weight is 796 g/mol. The number of unbranched alkanes of at least 4 members (excludes halogenated alkanes) is 1. The molecule has 4 rings (SSSR count). The van der Waals surface area contributed by atoms with Gasteiger partial charge in [-0.05, 0) is 49.4 Å². The van der Waals surface area contributed by atoms with Crippen LogP contribution in [0.4, 0.5) is 8.63 Å². The highest BCUT2D eigenvalue weighted by Crippen LogP contribution is 2.39. The molecule has 1 aromatic heterocycles. The third-order valence-corrected chi connectivity index (χ3v) is 10.4. The number of imide groups is 1. The predicted molar refractivity (Wildman–Crippen MR) is 201 cm³/mol. The Morgan fingerprint density at radius 1 is 0.982 bits per heavy atom. The predicted octanol–water partition coefficient (Wildman–Crippen LogP) is 2.90. The summed E-state index contributed by atoms with van der Waals surface area (Å²) in [7, 11) is 1.44. The summed E-state index contributed by atoms with van der Waals surface area (Å²) in [5, 5.41) is 5.21. The lowest BCUT2D eigenvalue weighted by molar-refractivity contribution is -0.870. The van der Waals surface area contributed by atoms with Crippen LogP contribution >= 0.6 is 0 Å². The summed E-state index contributed by atoms with van der Waals surface area (Å²) >= 11 is 0. The van der Waals surface area contributed by atoms with E-state index in [1.165, 1.54) is 4.48 Å². The maximum absolute atomic E-state index is 16.9. The SMILES string of the molecule is CCCC1=CC(CCC(=O)NC(CS(=O)(=O)O)C(=O)NCCCCC(=O)ON2C(=O)CCC2=O)=[N+]2C1=Cc1c(CCC)cc(CCC[N+](C)(C)C)n1[B-]2(F)F. The first kappa shape index (κ1) is 43.5. The number of fused-ring (bicyclic) bond motifs is 2. The minimum atomic E-state index is -4.73. The third-order valence-electron chi connectivity index (χ3n) is 9.62. The molecule has 3 aliphatic rings. The van der Waals surface area contributed by atoms with E-state index in [4.69, 9.17) is 4.84 Å². The Kier molecular flexibility index (Phi) is 14.4. The van der Waals surface area contributed by atoms with E-state index in [0.29, 0.717) is 52.3 Å². The van der Waals surface area contributed by atoms with Gasteiger partial charge in [0.25, 0.3) is 21.9 Å². The van der Waals surface area contributed by atoms with Crippen LogP contribution in [0.2, 0.25) is 0 Å². The van der Waals surface area contributed by atoms with E-state index in [-0.39, 0.29) is 57.2 Å². The molecule has 0 radical (unpaired) electrons. The zero-order valence-electron chi connectivity index (χ0n) is 32.4. The van der Waals surface area contributed by atoms with Crippen molar-refractivity contribution in [1.82, 2.24) is 20.2 Å². The number of allylic oxidation sites excluding steroid dienone is 2. The Balaban J connectivity index is 1.44. The smallest absolute Gasteiger partial charge is 0.394 e. The van der Waals surface area contributed by atoms with Crippen LogP contribution in [0.15, 0.2) is 23.4 Å². The summed E-state index contributed by atoms with van der Waals surface area (Å²) in [6.45, 7) is 0.381. The largest absolute Gasteiger partial charge is 0.737 e. The summed E-state index contributed by atoms with van der Waals surface area (Å²) in [4.78, 5) is 66.1. The molecule has 3 N–H and O–H groups in total. The number of hydrogen-bond donors (Lipinski definition) is 3. The van der Waals surface area contributed by atoms with Crippen molar-refractivity contribution < 1.29 is 59.4 Å². The number of aryl methyl sites for hydroxylation is 2. The van der Waals surface area contributed by atoms with E-state index in [1.54, 1.807) is 6.08 Å². The fourth-order valence-corrected chi connectivity index (χ4v) is 7.76. The molecule has 15 nitrogen and oxygen atoms in total. The van der Waals surface area contributed by atoms with E-state index >= 15 is 8.63 Å². The van der Waals surface area contributed by atoms with Crippen molar-refractivity contribution in [2.24, 2.45) is 0 Å². The lowest BCUT2D eigenvalue weighted by Crippen LogP contribution is -2.52. The zero-order valence-corrected chi connectivity index (χ0v) is 33.2. The van der Waals surface area contributed by atoms with Crippen LogP contribution in [0, 0.1) is 0 Å². The molecule has 1 aromatic rings. The first-order valence-electron chi connectivity index (χ1n) is 19.0. The van der Waals surface area contributed by atoms with Crippen LogP contribution in [0.25, 0.3) is 6.08 Å². The topological polar surface area (TPSA) is 184 Å². The fraction of sp³-hybridized carbons (Fsp3) is 0.611. The molecular formula is C36H54BF2N6O9S+. The summed E-state index contributed by atoms with van der Waals surface area (Å²) < 4.78 is 69.8. The molecule has 4 heterocycles. The van der Waals surface area contributed by atoms with Gasteiger partial charge in [-0.1, -0.05) is 26.7 Å². The molecule has 55 heavy (non-hydrogen) atoms. The van der Waals surface area contributed by atoms with E-state index in [2.05, 4.69) is 31.8 Å². The van der Waals surface area contributed by atoms with Crippen LogP contribution in [0.3, 0.4) is 0 Å². The molecule has 1 saturated heterocycles. The molecule has 0 saturated carbocycles. The highest BCUT2D eigenvalue weighted by molar-refractivity contribution is 7.85. The number of amides is 4. The van der Waals surface area contributed by atoms with Crippen molar-refractivity contribution in [2.75, 3.05) is 40.0 Å². The number of halogens is 2. The number of nitrogens with zero attached hydrogens (tertiary/aromatic N) is 4. The normalized spacial score (nSPS) is 17.1. The highest BCUT2D eigenvalue weighted by atomic mass is 32.2. The van der Waals surface area contributed by atoms with Crippen LogP contribution in [0.5, 0.6) is 0 Å². The Bertz CT molecular complexity index is 1870. The van der Waals surface area contributed by atoms with Gasteiger partial charge >= 0.3 is 12.9 Å². The standard InChI is InChI=1S/C36H53BF2N6O9S/c1-6-11-25-21-27(13-10-20-45(3,4)5)42-30(25)23-31-26(12-7-2)22-28(43(31)37(42,38)39)15-16-32(46)41-29(24-55(51,52)53)36(50)40-19-9-8-14-35(49)54-44-33(47)17-18-34(44)48/h21-23,29H,6-20,24H2,1-5H3,(H2-,40,41,46,50,51,52,53)/p+1. The molecule has 0 spiro atoms. The number of carbonyl (C=O) groups is 5. The number of hydroxylamine groups is 2. The van der Waals surface area contributed by atoms with Gasteiger partial charge in [0.2, 0.25) is 11.8 Å². The lowest BCUT2D eigenvalue weighted by atomic mass is 9.88. The molecule has 1 unspecified atom stereocenters. The summed E-state index contributed by atoms with van der Waals surface area (Å²) in [6.07, 6.45) is 7.05. The Morgan fingerprint density at radius 2 is 1.65 bits per heavy atom. The van der Waals surface area contributed by atoms with Gasteiger partial charge in [0.15, 0.2) is 5.70 Å². The number of hydrogen-bond acceptors (Lipinski definition) is 8. The number of rotatable bonds is 21. The van der Waals surface area contributed by atoms with Crippen LogP contribution in [0.1, 0.15) is 101 Å². The van der Waals surface area contributed by atoms with Crippen molar-refractivity contribution in [3.63, 3.8) is 0 Å². The number of carbonyl (C=O) groups excluding carboxylic acids is 5. The average Bonchev–Trinajstić information content (AvgIpc) is 3.72. The van der Waals surface area contributed by atoms with Gasteiger partial charge in [-0.25, -0.2) is 4.79 Å². The van der Waals surface area contributed by atoms with E-state index in [9.17, 15) is 36.9 Å². The first-order valence-corrected chi connectivity index (χ1v) is 20.6. The molecule has 4 amide bonds. The second kappa shape index (κ2) is 18.1. The highest BCUT2D eigenvalue weighted by Gasteiger charge is 2.54. The minimum absolute atomic E-state index is 0.0450. The Hall–Kier alpha value is -4.23.